The normalized spacial score (nSPS) is 14.1. The zero-order chi connectivity index (χ0) is 28.3. The van der Waals surface area contributed by atoms with Crippen molar-refractivity contribution in [2.45, 2.75) is 6.61 Å². The molecule has 1 fully saturated rings. The number of hydrogen-bond donors (Lipinski definition) is 2. The van der Waals surface area contributed by atoms with E-state index in [-0.39, 0.29) is 16.0 Å². The number of nitrogens with one attached hydrogen (secondary N) is 2. The van der Waals surface area contributed by atoms with Gasteiger partial charge in [0, 0.05) is 21.3 Å². The van der Waals surface area contributed by atoms with Crippen molar-refractivity contribution in [2.24, 2.45) is 0 Å². The van der Waals surface area contributed by atoms with Crippen LogP contribution in [0.25, 0.3) is 6.08 Å². The van der Waals surface area contributed by atoms with Crippen molar-refractivity contribution in [3.63, 3.8) is 0 Å². The summed E-state index contributed by atoms with van der Waals surface area (Å²) >= 11 is 33.9. The SMILES string of the molecule is COc1cc(/C=C2/SC(=S)N(NC(=O)Nc3ccc(Cl)c(Cl)c3)C2=O)cc(Br)c1OCc1ccc(Cl)cc1Cl. The number of thiocarbonyl (C=S) groups is 1. The predicted octanol–water partition coefficient (Wildman–Crippen LogP) is 8.59. The number of hydrazine groups is 1. The van der Waals surface area contributed by atoms with Crippen molar-refractivity contribution >= 4 is 114 Å². The van der Waals surface area contributed by atoms with Crippen LogP contribution in [0.3, 0.4) is 0 Å². The quantitative estimate of drug-likeness (QED) is 0.189. The van der Waals surface area contributed by atoms with E-state index in [0.29, 0.717) is 47.2 Å². The summed E-state index contributed by atoms with van der Waals surface area (Å²) in [7, 11) is 1.50. The Balaban J connectivity index is 1.47. The summed E-state index contributed by atoms with van der Waals surface area (Å²) in [4.78, 5) is 25.8. The van der Waals surface area contributed by atoms with Crippen LogP contribution in [0.2, 0.25) is 20.1 Å². The number of anilines is 1. The van der Waals surface area contributed by atoms with Crippen molar-refractivity contribution < 1.29 is 19.1 Å². The molecule has 39 heavy (non-hydrogen) atoms. The van der Waals surface area contributed by atoms with Gasteiger partial charge in [-0.1, -0.05) is 64.2 Å². The minimum atomic E-state index is -0.683. The molecule has 3 aromatic rings. The molecule has 0 aromatic heterocycles. The maximum absolute atomic E-state index is 13.0. The summed E-state index contributed by atoms with van der Waals surface area (Å²) in [5.74, 6) is 0.381. The molecule has 1 heterocycles. The number of amides is 3. The molecular formula is C25H16BrCl4N3O4S2. The third-order valence-corrected chi connectivity index (χ3v) is 8.34. The van der Waals surface area contributed by atoms with E-state index in [0.717, 1.165) is 22.3 Å². The molecule has 0 bridgehead atoms. The second-order valence-electron chi connectivity index (χ2n) is 7.77. The van der Waals surface area contributed by atoms with E-state index in [1.54, 1.807) is 42.5 Å². The summed E-state index contributed by atoms with van der Waals surface area (Å²) in [5.41, 5.74) is 4.22. The number of halogens is 5. The number of hydrogen-bond acceptors (Lipinski definition) is 6. The van der Waals surface area contributed by atoms with Crippen LogP contribution >= 0.6 is 86.3 Å². The number of rotatable bonds is 7. The lowest BCUT2D eigenvalue weighted by Gasteiger charge is -2.16. The van der Waals surface area contributed by atoms with Gasteiger partial charge >= 0.3 is 6.03 Å². The molecule has 1 saturated heterocycles. The zero-order valence-electron chi connectivity index (χ0n) is 19.7. The molecule has 1 aliphatic rings. The number of benzene rings is 3. The first-order valence-corrected chi connectivity index (χ1v) is 14.3. The van der Waals surface area contributed by atoms with Gasteiger partial charge in [-0.2, -0.15) is 5.01 Å². The summed E-state index contributed by atoms with van der Waals surface area (Å²) in [6.07, 6.45) is 1.63. The van der Waals surface area contributed by atoms with E-state index < -0.39 is 11.9 Å². The number of carbonyl (C=O) groups is 2. The van der Waals surface area contributed by atoms with Crippen LogP contribution < -0.4 is 20.2 Å². The van der Waals surface area contributed by atoms with E-state index in [1.165, 1.54) is 19.2 Å². The largest absolute Gasteiger partial charge is 0.493 e. The maximum Gasteiger partial charge on any atom is 0.338 e. The van der Waals surface area contributed by atoms with Crippen molar-refractivity contribution in [2.75, 3.05) is 12.4 Å². The molecule has 202 valence electrons. The van der Waals surface area contributed by atoms with Gasteiger partial charge in [-0.15, -0.1) is 0 Å². The third-order valence-electron chi connectivity index (χ3n) is 5.12. The first-order valence-electron chi connectivity index (χ1n) is 10.8. The standard InChI is InChI=1S/C25H16BrCl4N3O4S2/c1-36-20-7-12(6-16(26)22(20)37-11-13-2-3-14(27)9-18(13)29)8-21-23(34)33(25(38)39-21)32-24(35)31-15-4-5-17(28)19(30)10-15/h2-10H,11H2,1H3,(H2,31,32,35)/b21-8+. The fourth-order valence-electron chi connectivity index (χ4n) is 3.30. The summed E-state index contributed by atoms with van der Waals surface area (Å²) in [6.45, 7) is 0.179. The average molecular weight is 708 g/mol. The van der Waals surface area contributed by atoms with Gasteiger partial charge in [0.2, 0.25) is 0 Å². The van der Waals surface area contributed by atoms with Gasteiger partial charge in [0.1, 0.15) is 6.61 Å². The van der Waals surface area contributed by atoms with E-state index >= 15 is 0 Å². The van der Waals surface area contributed by atoms with Crippen molar-refractivity contribution in [1.29, 1.82) is 0 Å². The number of urea groups is 1. The van der Waals surface area contributed by atoms with Crippen LogP contribution in [-0.2, 0) is 11.4 Å². The Hall–Kier alpha value is -2.18. The van der Waals surface area contributed by atoms with Crippen molar-refractivity contribution in [1.82, 2.24) is 10.4 Å². The minimum absolute atomic E-state index is 0.154. The predicted molar refractivity (Wildman–Crippen MR) is 165 cm³/mol. The fourth-order valence-corrected chi connectivity index (χ4v) is 5.82. The molecule has 1 aliphatic heterocycles. The van der Waals surface area contributed by atoms with Crippen molar-refractivity contribution in [3.8, 4) is 11.5 Å². The van der Waals surface area contributed by atoms with E-state index in [9.17, 15) is 9.59 Å². The molecule has 0 saturated carbocycles. The monoisotopic (exact) mass is 705 g/mol. The first kappa shape index (κ1) is 29.8. The number of thioether (sulfide) groups is 1. The molecule has 7 nitrogen and oxygen atoms in total. The smallest absolute Gasteiger partial charge is 0.338 e. The molecule has 3 aromatic carbocycles. The number of ether oxygens (including phenoxy) is 2. The Kier molecular flexibility index (Phi) is 9.92. The van der Waals surface area contributed by atoms with Gasteiger partial charge in [-0.25, -0.2) is 10.2 Å². The van der Waals surface area contributed by atoms with Gasteiger partial charge in [0.15, 0.2) is 15.8 Å². The summed E-state index contributed by atoms with van der Waals surface area (Å²) in [6, 6.07) is 12.5. The van der Waals surface area contributed by atoms with Crippen LogP contribution in [0.15, 0.2) is 57.9 Å². The van der Waals surface area contributed by atoms with Crippen LogP contribution in [0, 0.1) is 0 Å². The second kappa shape index (κ2) is 13.0. The van der Waals surface area contributed by atoms with Crippen LogP contribution in [0.1, 0.15) is 11.1 Å². The maximum atomic E-state index is 13.0. The summed E-state index contributed by atoms with van der Waals surface area (Å²) < 4.78 is 12.2. The Morgan fingerprint density at radius 2 is 1.85 bits per heavy atom. The van der Waals surface area contributed by atoms with Crippen LogP contribution in [-0.4, -0.2) is 28.4 Å². The summed E-state index contributed by atoms with van der Waals surface area (Å²) in [5, 5.41) is 5.19. The third kappa shape index (κ3) is 7.32. The molecule has 0 aliphatic carbocycles. The Bertz CT molecular complexity index is 1520. The molecule has 2 N–H and O–H groups in total. The Morgan fingerprint density at radius 3 is 2.54 bits per heavy atom. The highest BCUT2D eigenvalue weighted by Gasteiger charge is 2.34. The van der Waals surface area contributed by atoms with Crippen LogP contribution in [0.4, 0.5) is 10.5 Å². The highest BCUT2D eigenvalue weighted by atomic mass is 79.9. The first-order chi connectivity index (χ1) is 18.5. The van der Waals surface area contributed by atoms with Gasteiger partial charge in [0.05, 0.1) is 26.5 Å². The zero-order valence-corrected chi connectivity index (χ0v) is 25.9. The van der Waals surface area contributed by atoms with E-state index in [2.05, 4.69) is 26.7 Å². The molecule has 14 heteroatoms. The number of nitrogens with zero attached hydrogens (tertiary/aromatic N) is 1. The lowest BCUT2D eigenvalue weighted by Crippen LogP contribution is -2.46. The van der Waals surface area contributed by atoms with Gasteiger partial charge in [-0.05, 0) is 82.3 Å². The number of methoxy groups -OCH3 is 1. The van der Waals surface area contributed by atoms with Gasteiger partial charge in [-0.3, -0.25) is 4.79 Å². The van der Waals surface area contributed by atoms with Gasteiger partial charge < -0.3 is 14.8 Å². The molecule has 4 rings (SSSR count). The minimum Gasteiger partial charge on any atom is -0.493 e. The second-order valence-corrected chi connectivity index (χ2v) is 12.0. The van der Waals surface area contributed by atoms with E-state index in [4.69, 9.17) is 68.1 Å². The molecule has 0 radical (unpaired) electrons. The molecule has 0 spiro atoms. The highest BCUT2D eigenvalue weighted by molar-refractivity contribution is 9.10. The molecule has 3 amide bonds. The lowest BCUT2D eigenvalue weighted by atomic mass is 10.1. The Morgan fingerprint density at radius 1 is 1.08 bits per heavy atom. The Labute approximate surface area is 261 Å². The lowest BCUT2D eigenvalue weighted by molar-refractivity contribution is -0.123. The molecule has 0 unspecified atom stereocenters. The molecular weight excluding hydrogens is 692 g/mol. The van der Waals surface area contributed by atoms with Crippen LogP contribution in [0.5, 0.6) is 11.5 Å². The number of carbonyl (C=O) groups excluding carboxylic acids is 2. The topological polar surface area (TPSA) is 79.9 Å². The van der Waals surface area contributed by atoms with Gasteiger partial charge in [0.25, 0.3) is 5.91 Å². The molecule has 0 atom stereocenters. The van der Waals surface area contributed by atoms with E-state index in [1.807, 2.05) is 0 Å². The average Bonchev–Trinajstić information content (AvgIpc) is 3.13. The highest BCUT2D eigenvalue weighted by Crippen LogP contribution is 2.40. The van der Waals surface area contributed by atoms with Crippen molar-refractivity contribution in [3.05, 3.63) is 89.1 Å². The fraction of sp³-hybridized carbons (Fsp3) is 0.0800.